The van der Waals surface area contributed by atoms with E-state index in [0.29, 0.717) is 16.8 Å². The van der Waals surface area contributed by atoms with E-state index in [0.717, 1.165) is 0 Å². The fourth-order valence-corrected chi connectivity index (χ4v) is 1.83. The van der Waals surface area contributed by atoms with E-state index in [1.54, 1.807) is 14.0 Å². The van der Waals surface area contributed by atoms with E-state index in [4.69, 9.17) is 0 Å². The summed E-state index contributed by atoms with van der Waals surface area (Å²) in [4.78, 5) is 13.7. The van der Waals surface area contributed by atoms with Gasteiger partial charge in [0.1, 0.15) is 11.6 Å². The zero-order valence-electron chi connectivity index (χ0n) is 10.7. The monoisotopic (exact) mass is 261 g/mol. The topological polar surface area (TPSA) is 20.3 Å². The number of rotatable bonds is 2. The molecular weight excluding hydrogens is 248 g/mol. The van der Waals surface area contributed by atoms with E-state index in [1.807, 2.05) is 0 Å². The van der Waals surface area contributed by atoms with E-state index in [9.17, 15) is 13.6 Å². The Balaban J connectivity index is 2.30. The van der Waals surface area contributed by atoms with Crippen molar-refractivity contribution in [3.63, 3.8) is 0 Å². The van der Waals surface area contributed by atoms with E-state index in [2.05, 4.69) is 0 Å². The standard InChI is InChI=1S/C15H13F2NO/c1-10-9-12(17)5-8-14(10)15(19)18(2)13-6-3-11(16)4-7-13/h3-9H,1-2H3. The maximum Gasteiger partial charge on any atom is 0.258 e. The summed E-state index contributed by atoms with van der Waals surface area (Å²) < 4.78 is 25.9. The molecule has 98 valence electrons. The molecule has 0 saturated carbocycles. The zero-order valence-corrected chi connectivity index (χ0v) is 10.7. The third-order valence-electron chi connectivity index (χ3n) is 2.94. The van der Waals surface area contributed by atoms with Crippen molar-refractivity contribution in [2.45, 2.75) is 6.92 Å². The van der Waals surface area contributed by atoms with Gasteiger partial charge < -0.3 is 4.90 Å². The van der Waals surface area contributed by atoms with E-state index >= 15 is 0 Å². The molecule has 0 aromatic heterocycles. The number of aryl methyl sites for hydroxylation is 1. The lowest BCUT2D eigenvalue weighted by atomic mass is 10.1. The number of hydrogen-bond donors (Lipinski definition) is 0. The number of anilines is 1. The molecule has 2 nitrogen and oxygen atoms in total. The van der Waals surface area contributed by atoms with Crippen molar-refractivity contribution in [2.24, 2.45) is 0 Å². The molecule has 0 N–H and O–H groups in total. The lowest BCUT2D eigenvalue weighted by molar-refractivity contribution is 0.0992. The smallest absolute Gasteiger partial charge is 0.258 e. The molecule has 0 spiro atoms. The van der Waals surface area contributed by atoms with Crippen LogP contribution in [0.1, 0.15) is 15.9 Å². The number of benzene rings is 2. The van der Waals surface area contributed by atoms with Crippen LogP contribution in [0, 0.1) is 18.6 Å². The van der Waals surface area contributed by atoms with Crippen LogP contribution in [0.5, 0.6) is 0 Å². The summed E-state index contributed by atoms with van der Waals surface area (Å²) in [5.74, 6) is -0.995. The lowest BCUT2D eigenvalue weighted by Gasteiger charge is -2.18. The van der Waals surface area contributed by atoms with Gasteiger partial charge >= 0.3 is 0 Å². The molecule has 19 heavy (non-hydrogen) atoms. The minimum atomic E-state index is -0.376. The summed E-state index contributed by atoms with van der Waals surface area (Å²) in [6.07, 6.45) is 0. The average Bonchev–Trinajstić information content (AvgIpc) is 2.38. The second kappa shape index (κ2) is 5.18. The number of nitrogens with zero attached hydrogens (tertiary/aromatic N) is 1. The SMILES string of the molecule is Cc1cc(F)ccc1C(=O)N(C)c1ccc(F)cc1. The third-order valence-corrected chi connectivity index (χ3v) is 2.94. The molecule has 0 heterocycles. The highest BCUT2D eigenvalue weighted by Crippen LogP contribution is 2.18. The van der Waals surface area contributed by atoms with Gasteiger partial charge in [0.25, 0.3) is 5.91 Å². The summed E-state index contributed by atoms with van der Waals surface area (Å²) >= 11 is 0. The van der Waals surface area contributed by atoms with Crippen molar-refractivity contribution < 1.29 is 13.6 Å². The molecule has 2 aromatic rings. The normalized spacial score (nSPS) is 10.3. The minimum absolute atomic E-state index is 0.260. The molecule has 1 amide bonds. The van der Waals surface area contributed by atoms with Crippen molar-refractivity contribution in [1.82, 2.24) is 0 Å². The van der Waals surface area contributed by atoms with Crippen LogP contribution in [0.15, 0.2) is 42.5 Å². The number of amides is 1. The number of carbonyl (C=O) groups is 1. The Morgan fingerprint density at radius 2 is 1.58 bits per heavy atom. The van der Waals surface area contributed by atoms with Crippen molar-refractivity contribution in [2.75, 3.05) is 11.9 Å². The Bertz CT molecular complexity index is 608. The summed E-state index contributed by atoms with van der Waals surface area (Å²) in [5.41, 5.74) is 1.57. The van der Waals surface area contributed by atoms with E-state index in [-0.39, 0.29) is 17.5 Å². The summed E-state index contributed by atoms with van der Waals surface area (Å²) in [6, 6.07) is 9.63. The molecule has 0 atom stereocenters. The van der Waals surface area contributed by atoms with Crippen LogP contribution in [-0.2, 0) is 0 Å². The first-order valence-electron chi connectivity index (χ1n) is 5.79. The zero-order chi connectivity index (χ0) is 14.0. The van der Waals surface area contributed by atoms with Gasteiger partial charge in [0, 0.05) is 18.3 Å². The Labute approximate surface area is 110 Å². The molecule has 2 rings (SSSR count). The lowest BCUT2D eigenvalue weighted by Crippen LogP contribution is -2.26. The van der Waals surface area contributed by atoms with Crippen LogP contribution < -0.4 is 4.90 Å². The Morgan fingerprint density at radius 1 is 1.00 bits per heavy atom. The van der Waals surface area contributed by atoms with Gasteiger partial charge in [-0.15, -0.1) is 0 Å². The van der Waals surface area contributed by atoms with Crippen LogP contribution in [0.25, 0.3) is 0 Å². The Kier molecular flexibility index (Phi) is 3.60. The molecule has 0 aliphatic rings. The average molecular weight is 261 g/mol. The van der Waals surface area contributed by atoms with Gasteiger partial charge in [0.05, 0.1) is 0 Å². The van der Waals surface area contributed by atoms with E-state index in [1.165, 1.54) is 47.4 Å². The predicted octanol–water partition coefficient (Wildman–Crippen LogP) is 3.55. The number of hydrogen-bond acceptors (Lipinski definition) is 1. The molecule has 0 aliphatic carbocycles. The van der Waals surface area contributed by atoms with Gasteiger partial charge in [-0.1, -0.05) is 0 Å². The first-order chi connectivity index (χ1) is 8.99. The molecule has 0 fully saturated rings. The molecule has 4 heteroatoms. The van der Waals surface area contributed by atoms with E-state index < -0.39 is 0 Å². The van der Waals surface area contributed by atoms with Crippen LogP contribution in [0.4, 0.5) is 14.5 Å². The van der Waals surface area contributed by atoms with Crippen LogP contribution in [0.2, 0.25) is 0 Å². The highest BCUT2D eigenvalue weighted by Gasteiger charge is 2.15. The van der Waals surface area contributed by atoms with Crippen LogP contribution in [-0.4, -0.2) is 13.0 Å². The van der Waals surface area contributed by atoms with Gasteiger partial charge in [-0.2, -0.15) is 0 Å². The maximum atomic E-state index is 13.0. The highest BCUT2D eigenvalue weighted by atomic mass is 19.1. The van der Waals surface area contributed by atoms with Gasteiger partial charge in [-0.25, -0.2) is 8.78 Å². The van der Waals surface area contributed by atoms with Gasteiger partial charge in [-0.05, 0) is 55.0 Å². The second-order valence-electron chi connectivity index (χ2n) is 4.30. The summed E-state index contributed by atoms with van der Waals surface area (Å²) in [7, 11) is 1.60. The van der Waals surface area contributed by atoms with Crippen LogP contribution in [0.3, 0.4) is 0 Å². The first-order valence-corrected chi connectivity index (χ1v) is 5.79. The minimum Gasteiger partial charge on any atom is -0.311 e. The fraction of sp³-hybridized carbons (Fsp3) is 0.133. The number of halogens is 2. The van der Waals surface area contributed by atoms with Crippen molar-refractivity contribution >= 4 is 11.6 Å². The molecule has 0 aliphatic heterocycles. The molecule has 0 bridgehead atoms. The van der Waals surface area contributed by atoms with Gasteiger partial charge in [-0.3, -0.25) is 4.79 Å². The Hall–Kier alpha value is -2.23. The first kappa shape index (κ1) is 13.2. The van der Waals surface area contributed by atoms with Crippen molar-refractivity contribution in [3.8, 4) is 0 Å². The molecule has 0 radical (unpaired) electrons. The largest absolute Gasteiger partial charge is 0.311 e. The highest BCUT2D eigenvalue weighted by molar-refractivity contribution is 6.06. The van der Waals surface area contributed by atoms with Gasteiger partial charge in [0.2, 0.25) is 0 Å². The predicted molar refractivity (Wildman–Crippen MR) is 70.3 cm³/mol. The Morgan fingerprint density at radius 3 is 2.16 bits per heavy atom. The summed E-state index contributed by atoms with van der Waals surface area (Å²) in [5, 5.41) is 0. The molecule has 0 saturated heterocycles. The fourth-order valence-electron chi connectivity index (χ4n) is 1.83. The number of carbonyl (C=O) groups excluding carboxylic acids is 1. The van der Waals surface area contributed by atoms with Crippen molar-refractivity contribution in [3.05, 3.63) is 65.2 Å². The van der Waals surface area contributed by atoms with Crippen LogP contribution >= 0.6 is 0 Å². The summed E-state index contributed by atoms with van der Waals surface area (Å²) in [6.45, 7) is 1.68. The van der Waals surface area contributed by atoms with Crippen molar-refractivity contribution in [1.29, 1.82) is 0 Å². The maximum absolute atomic E-state index is 13.0. The molecule has 0 unspecified atom stereocenters. The molecule has 2 aromatic carbocycles. The third kappa shape index (κ3) is 2.78. The second-order valence-corrected chi connectivity index (χ2v) is 4.30. The quantitative estimate of drug-likeness (QED) is 0.809. The molecular formula is C15H13F2NO. The van der Waals surface area contributed by atoms with Gasteiger partial charge in [0.15, 0.2) is 0 Å².